The Bertz CT molecular complexity index is 644. The van der Waals surface area contributed by atoms with Crippen LogP contribution in [0.15, 0.2) is 59.6 Å². The van der Waals surface area contributed by atoms with Crippen molar-refractivity contribution in [2.24, 2.45) is 10.9 Å². The smallest absolute Gasteiger partial charge is 0.191 e. The van der Waals surface area contributed by atoms with Gasteiger partial charge in [-0.25, -0.2) is 4.39 Å². The normalized spacial score (nSPS) is 12.7. The van der Waals surface area contributed by atoms with Gasteiger partial charge in [-0.05, 0) is 29.2 Å². The molecule has 0 bridgehead atoms. The predicted octanol–water partition coefficient (Wildman–Crippen LogP) is 3.34. The molecule has 0 fully saturated rings. The fourth-order valence-corrected chi connectivity index (χ4v) is 2.29. The summed E-state index contributed by atoms with van der Waals surface area (Å²) < 4.78 is 18.7. The van der Waals surface area contributed by atoms with Crippen molar-refractivity contribution in [3.8, 4) is 0 Å². The van der Waals surface area contributed by atoms with E-state index < -0.39 is 0 Å². The molecular weight excluding hydrogens is 317 g/mol. The van der Waals surface area contributed by atoms with Gasteiger partial charge in [0.1, 0.15) is 5.82 Å². The van der Waals surface area contributed by atoms with E-state index in [9.17, 15) is 4.39 Å². The van der Waals surface area contributed by atoms with Gasteiger partial charge < -0.3 is 15.4 Å². The van der Waals surface area contributed by atoms with Crippen molar-refractivity contribution < 1.29 is 9.13 Å². The van der Waals surface area contributed by atoms with Crippen molar-refractivity contribution in [1.82, 2.24) is 10.6 Å². The van der Waals surface area contributed by atoms with Crippen molar-refractivity contribution >= 4 is 5.96 Å². The molecule has 0 heterocycles. The number of benzene rings is 2. The molecule has 2 N–H and O–H groups in total. The topological polar surface area (TPSA) is 45.7 Å². The molecule has 0 saturated carbocycles. The number of rotatable bonds is 8. The van der Waals surface area contributed by atoms with Gasteiger partial charge in [-0.1, -0.05) is 49.4 Å². The summed E-state index contributed by atoms with van der Waals surface area (Å²) in [6, 6.07) is 16.6. The molecule has 4 nitrogen and oxygen atoms in total. The quantitative estimate of drug-likeness (QED) is 0.571. The minimum Gasteiger partial charge on any atom is -0.376 e. The molecule has 0 radical (unpaired) electrons. The second kappa shape index (κ2) is 10.5. The second-order valence-corrected chi connectivity index (χ2v) is 6.04. The zero-order valence-corrected chi connectivity index (χ0v) is 14.8. The van der Waals surface area contributed by atoms with Gasteiger partial charge in [-0.3, -0.25) is 4.99 Å². The van der Waals surface area contributed by atoms with Gasteiger partial charge in [0.05, 0.1) is 13.2 Å². The van der Waals surface area contributed by atoms with Crippen molar-refractivity contribution in [2.45, 2.75) is 20.1 Å². The Morgan fingerprint density at radius 3 is 2.44 bits per heavy atom. The van der Waals surface area contributed by atoms with E-state index in [1.807, 2.05) is 18.2 Å². The maximum absolute atomic E-state index is 12.9. The first-order chi connectivity index (χ1) is 12.2. The lowest BCUT2D eigenvalue weighted by Crippen LogP contribution is -2.39. The van der Waals surface area contributed by atoms with Crippen LogP contribution in [0.1, 0.15) is 18.1 Å². The highest BCUT2D eigenvalue weighted by Gasteiger charge is 2.05. The SMILES string of the molecule is CN=C(NCc1ccc(F)cc1)NCC(C)COCc1ccccc1. The van der Waals surface area contributed by atoms with E-state index in [-0.39, 0.29) is 5.82 Å². The molecule has 0 saturated heterocycles. The van der Waals surface area contributed by atoms with Gasteiger partial charge >= 0.3 is 0 Å². The van der Waals surface area contributed by atoms with E-state index >= 15 is 0 Å². The molecule has 0 aliphatic heterocycles. The molecular formula is C20H26FN3O. The summed E-state index contributed by atoms with van der Waals surface area (Å²) in [5.41, 5.74) is 2.18. The van der Waals surface area contributed by atoms with Crippen LogP contribution in [0.3, 0.4) is 0 Å². The first-order valence-corrected chi connectivity index (χ1v) is 8.48. The monoisotopic (exact) mass is 343 g/mol. The lowest BCUT2D eigenvalue weighted by molar-refractivity contribution is 0.0931. The van der Waals surface area contributed by atoms with Crippen LogP contribution in [0.2, 0.25) is 0 Å². The van der Waals surface area contributed by atoms with Gasteiger partial charge in [0.25, 0.3) is 0 Å². The summed E-state index contributed by atoms with van der Waals surface area (Å²) in [4.78, 5) is 4.20. The Morgan fingerprint density at radius 2 is 1.76 bits per heavy atom. The van der Waals surface area contributed by atoms with Crippen LogP contribution in [-0.4, -0.2) is 26.2 Å². The molecule has 25 heavy (non-hydrogen) atoms. The second-order valence-electron chi connectivity index (χ2n) is 6.04. The van der Waals surface area contributed by atoms with E-state index in [1.165, 1.54) is 17.7 Å². The standard InChI is InChI=1S/C20H26FN3O/c1-16(14-25-15-18-6-4-3-5-7-18)12-23-20(22-2)24-13-17-8-10-19(21)11-9-17/h3-11,16H,12-15H2,1-2H3,(H2,22,23,24). The number of aliphatic imine (C=N–C) groups is 1. The number of hydrogen-bond acceptors (Lipinski definition) is 2. The minimum atomic E-state index is -0.226. The average molecular weight is 343 g/mol. The number of nitrogens with one attached hydrogen (secondary N) is 2. The number of guanidine groups is 1. The highest BCUT2D eigenvalue weighted by Crippen LogP contribution is 2.03. The number of nitrogens with zero attached hydrogens (tertiary/aromatic N) is 1. The number of ether oxygens (including phenoxy) is 1. The summed E-state index contributed by atoms with van der Waals surface area (Å²) in [5.74, 6) is 0.850. The lowest BCUT2D eigenvalue weighted by atomic mass is 10.2. The lowest BCUT2D eigenvalue weighted by Gasteiger charge is -2.16. The molecule has 0 aliphatic carbocycles. The van der Waals surface area contributed by atoms with Crippen molar-refractivity contribution in [3.05, 3.63) is 71.5 Å². The van der Waals surface area contributed by atoms with Gasteiger partial charge in [-0.15, -0.1) is 0 Å². The van der Waals surface area contributed by atoms with E-state index in [4.69, 9.17) is 4.74 Å². The summed E-state index contributed by atoms with van der Waals surface area (Å²) in [7, 11) is 1.73. The van der Waals surface area contributed by atoms with Gasteiger partial charge in [0.15, 0.2) is 5.96 Å². The van der Waals surface area contributed by atoms with Crippen LogP contribution in [0.4, 0.5) is 4.39 Å². The Hall–Kier alpha value is -2.40. The van der Waals surface area contributed by atoms with Crippen molar-refractivity contribution in [2.75, 3.05) is 20.2 Å². The van der Waals surface area contributed by atoms with E-state index in [0.717, 1.165) is 18.1 Å². The molecule has 1 unspecified atom stereocenters. The van der Waals surface area contributed by atoms with Crippen LogP contribution in [-0.2, 0) is 17.9 Å². The highest BCUT2D eigenvalue weighted by molar-refractivity contribution is 5.79. The first kappa shape index (κ1) is 18.9. The van der Waals surface area contributed by atoms with Crippen LogP contribution < -0.4 is 10.6 Å². The maximum atomic E-state index is 12.9. The molecule has 0 spiro atoms. The Kier molecular flexibility index (Phi) is 7.92. The Labute approximate surface area is 149 Å². The highest BCUT2D eigenvalue weighted by atomic mass is 19.1. The Balaban J connectivity index is 1.64. The van der Waals surface area contributed by atoms with Crippen LogP contribution in [0.25, 0.3) is 0 Å². The van der Waals surface area contributed by atoms with Crippen molar-refractivity contribution in [1.29, 1.82) is 0 Å². The summed E-state index contributed by atoms with van der Waals surface area (Å²) in [6.45, 7) is 4.79. The molecule has 0 amide bonds. The third-order valence-electron chi connectivity index (χ3n) is 3.73. The summed E-state index contributed by atoms with van der Waals surface area (Å²) >= 11 is 0. The third kappa shape index (κ3) is 7.35. The zero-order chi connectivity index (χ0) is 17.9. The Morgan fingerprint density at radius 1 is 1.04 bits per heavy atom. The van der Waals surface area contributed by atoms with Crippen LogP contribution >= 0.6 is 0 Å². The molecule has 2 rings (SSSR count). The summed E-state index contributed by atoms with van der Waals surface area (Å²) in [6.07, 6.45) is 0. The third-order valence-corrected chi connectivity index (χ3v) is 3.73. The van der Waals surface area contributed by atoms with Crippen LogP contribution in [0.5, 0.6) is 0 Å². The molecule has 0 aromatic heterocycles. The van der Waals surface area contributed by atoms with Gasteiger partial charge in [0.2, 0.25) is 0 Å². The molecule has 1 atom stereocenters. The molecule has 0 aliphatic rings. The molecule has 5 heteroatoms. The van der Waals surface area contributed by atoms with Crippen molar-refractivity contribution in [3.63, 3.8) is 0 Å². The molecule has 2 aromatic carbocycles. The molecule has 134 valence electrons. The van der Waals surface area contributed by atoms with E-state index in [0.29, 0.717) is 25.7 Å². The number of halogens is 1. The fraction of sp³-hybridized carbons (Fsp3) is 0.350. The largest absolute Gasteiger partial charge is 0.376 e. The maximum Gasteiger partial charge on any atom is 0.191 e. The first-order valence-electron chi connectivity index (χ1n) is 8.48. The molecule has 2 aromatic rings. The van der Waals surface area contributed by atoms with Gasteiger partial charge in [0, 0.05) is 20.1 Å². The van der Waals surface area contributed by atoms with E-state index in [2.05, 4.69) is 34.7 Å². The fourth-order valence-electron chi connectivity index (χ4n) is 2.29. The number of hydrogen-bond donors (Lipinski definition) is 2. The zero-order valence-electron chi connectivity index (χ0n) is 14.8. The minimum absolute atomic E-state index is 0.226. The van der Waals surface area contributed by atoms with Crippen LogP contribution in [0, 0.1) is 11.7 Å². The summed E-state index contributed by atoms with van der Waals surface area (Å²) in [5, 5.41) is 6.50. The van der Waals surface area contributed by atoms with Gasteiger partial charge in [-0.2, -0.15) is 0 Å². The predicted molar refractivity (Wildman–Crippen MR) is 99.9 cm³/mol. The van der Waals surface area contributed by atoms with E-state index in [1.54, 1.807) is 19.2 Å². The average Bonchev–Trinajstić information content (AvgIpc) is 2.64.